The van der Waals surface area contributed by atoms with Crippen LogP contribution in [-0.4, -0.2) is 13.0 Å². The average Bonchev–Trinajstić information content (AvgIpc) is 2.95. The number of hydrogen-bond donors (Lipinski definition) is 1. The Morgan fingerprint density at radius 3 is 2.33 bits per heavy atom. The van der Waals surface area contributed by atoms with Crippen molar-refractivity contribution < 1.29 is 19.0 Å². The molecule has 4 aromatic rings. The van der Waals surface area contributed by atoms with Gasteiger partial charge in [0, 0.05) is 10.2 Å². The summed E-state index contributed by atoms with van der Waals surface area (Å²) in [5.74, 6) is 1.15. The SMILES string of the molecule is COc1cc(/C=C(\C#N)C(=O)Nc2ccc(OCc3ccc(Br)cc3)cc2)cc(Br)c1OCc1cccc(C)c1. The summed E-state index contributed by atoms with van der Waals surface area (Å²) in [5, 5.41) is 12.4. The van der Waals surface area contributed by atoms with Crippen LogP contribution in [0, 0.1) is 18.3 Å². The third kappa shape index (κ3) is 7.98. The molecule has 0 saturated heterocycles. The first-order chi connectivity index (χ1) is 19.3. The zero-order valence-corrected chi connectivity index (χ0v) is 25.1. The van der Waals surface area contributed by atoms with E-state index in [1.54, 1.807) is 43.5 Å². The van der Waals surface area contributed by atoms with E-state index in [1.165, 1.54) is 6.08 Å². The van der Waals surface area contributed by atoms with Crippen LogP contribution >= 0.6 is 31.9 Å². The monoisotopic (exact) mass is 660 g/mol. The Kier molecular flexibility index (Phi) is 10.0. The largest absolute Gasteiger partial charge is 0.493 e. The molecule has 4 aromatic carbocycles. The van der Waals surface area contributed by atoms with Crippen LogP contribution < -0.4 is 19.5 Å². The van der Waals surface area contributed by atoms with Gasteiger partial charge in [-0.05, 0) is 94.2 Å². The first-order valence-corrected chi connectivity index (χ1v) is 13.9. The molecule has 6 nitrogen and oxygen atoms in total. The zero-order chi connectivity index (χ0) is 28.5. The molecule has 0 atom stereocenters. The van der Waals surface area contributed by atoms with Gasteiger partial charge in [0.2, 0.25) is 0 Å². The second-order valence-corrected chi connectivity index (χ2v) is 10.6. The molecule has 202 valence electrons. The molecule has 8 heteroatoms. The van der Waals surface area contributed by atoms with Gasteiger partial charge < -0.3 is 19.5 Å². The second kappa shape index (κ2) is 13.8. The van der Waals surface area contributed by atoms with Gasteiger partial charge in [0.05, 0.1) is 11.6 Å². The van der Waals surface area contributed by atoms with E-state index < -0.39 is 5.91 Å². The van der Waals surface area contributed by atoms with Crippen LogP contribution in [0.3, 0.4) is 0 Å². The van der Waals surface area contributed by atoms with E-state index in [0.717, 1.165) is 21.2 Å². The summed E-state index contributed by atoms with van der Waals surface area (Å²) < 4.78 is 19.0. The van der Waals surface area contributed by atoms with E-state index in [2.05, 4.69) is 43.2 Å². The molecule has 1 amide bonds. The fourth-order valence-corrected chi connectivity index (χ4v) is 4.65. The molecule has 0 aromatic heterocycles. The number of nitrogens with one attached hydrogen (secondary N) is 1. The standard InChI is InChI=1S/C32H26Br2N2O4/c1-21-4-3-5-23(14-21)20-40-31-29(34)16-24(17-30(31)38-2)15-25(18-35)32(37)36-27-10-12-28(13-11-27)39-19-22-6-8-26(33)9-7-22/h3-17H,19-20H2,1-2H3,(H,36,37)/b25-15+. The molecule has 0 bridgehead atoms. The lowest BCUT2D eigenvalue weighted by molar-refractivity contribution is -0.112. The van der Waals surface area contributed by atoms with Crippen molar-refractivity contribution in [1.29, 1.82) is 5.26 Å². The number of rotatable bonds is 10. The van der Waals surface area contributed by atoms with Crippen LogP contribution in [0.2, 0.25) is 0 Å². The molecule has 0 saturated carbocycles. The Hall–Kier alpha value is -4.06. The van der Waals surface area contributed by atoms with Gasteiger partial charge in [-0.15, -0.1) is 0 Å². The number of aryl methyl sites for hydroxylation is 1. The van der Waals surface area contributed by atoms with Crippen LogP contribution in [0.5, 0.6) is 17.2 Å². The Bertz CT molecular complexity index is 1560. The van der Waals surface area contributed by atoms with E-state index in [-0.39, 0.29) is 5.57 Å². The quantitative estimate of drug-likeness (QED) is 0.137. The maximum absolute atomic E-state index is 12.9. The Morgan fingerprint density at radius 2 is 1.65 bits per heavy atom. The number of carbonyl (C=O) groups excluding carboxylic acids is 1. The Balaban J connectivity index is 1.41. The summed E-state index contributed by atoms with van der Waals surface area (Å²) in [6, 6.07) is 28.4. The number of nitriles is 1. The number of ether oxygens (including phenoxy) is 3. The summed E-state index contributed by atoms with van der Waals surface area (Å²) >= 11 is 6.95. The molecule has 1 N–H and O–H groups in total. The maximum atomic E-state index is 12.9. The molecule has 0 unspecified atom stereocenters. The van der Waals surface area contributed by atoms with Crippen molar-refractivity contribution in [3.05, 3.63) is 122 Å². The third-order valence-corrected chi connectivity index (χ3v) is 6.94. The van der Waals surface area contributed by atoms with E-state index >= 15 is 0 Å². The molecular weight excluding hydrogens is 636 g/mol. The molecule has 0 spiro atoms. The number of halogens is 2. The smallest absolute Gasteiger partial charge is 0.266 e. The number of benzene rings is 4. The van der Waals surface area contributed by atoms with Gasteiger partial charge in [-0.2, -0.15) is 5.26 Å². The van der Waals surface area contributed by atoms with Gasteiger partial charge in [-0.3, -0.25) is 4.79 Å². The molecule has 0 radical (unpaired) electrons. The zero-order valence-electron chi connectivity index (χ0n) is 21.9. The predicted octanol–water partition coefficient (Wildman–Crippen LogP) is 8.23. The van der Waals surface area contributed by atoms with Gasteiger partial charge in [0.15, 0.2) is 11.5 Å². The minimum absolute atomic E-state index is 0.0575. The maximum Gasteiger partial charge on any atom is 0.266 e. The molecule has 0 aliphatic carbocycles. The van der Waals surface area contributed by atoms with Crippen LogP contribution in [0.15, 0.2) is 99.4 Å². The molecule has 0 aliphatic heterocycles. The highest BCUT2D eigenvalue weighted by atomic mass is 79.9. The summed E-state index contributed by atoms with van der Waals surface area (Å²) in [7, 11) is 1.54. The van der Waals surface area contributed by atoms with Crippen molar-refractivity contribution in [2.24, 2.45) is 0 Å². The lowest BCUT2D eigenvalue weighted by Gasteiger charge is -2.14. The predicted molar refractivity (Wildman–Crippen MR) is 163 cm³/mol. The summed E-state index contributed by atoms with van der Waals surface area (Å²) in [6.45, 7) is 2.82. The molecule has 0 fully saturated rings. The van der Waals surface area contributed by atoms with Gasteiger partial charge in [-0.1, -0.05) is 57.9 Å². The number of methoxy groups -OCH3 is 1. The first kappa shape index (κ1) is 28.9. The van der Waals surface area contributed by atoms with E-state index in [1.807, 2.05) is 55.5 Å². The highest BCUT2D eigenvalue weighted by Gasteiger charge is 2.15. The molecular formula is C32H26Br2N2O4. The van der Waals surface area contributed by atoms with Gasteiger partial charge in [-0.25, -0.2) is 0 Å². The Labute approximate surface area is 250 Å². The first-order valence-electron chi connectivity index (χ1n) is 12.3. The normalized spacial score (nSPS) is 10.9. The summed E-state index contributed by atoms with van der Waals surface area (Å²) in [6.07, 6.45) is 1.50. The van der Waals surface area contributed by atoms with E-state index in [9.17, 15) is 10.1 Å². The Morgan fingerprint density at radius 1 is 0.925 bits per heavy atom. The van der Waals surface area contributed by atoms with Crippen LogP contribution in [0.1, 0.15) is 22.3 Å². The number of hydrogen-bond acceptors (Lipinski definition) is 5. The van der Waals surface area contributed by atoms with Crippen molar-refractivity contribution in [2.75, 3.05) is 12.4 Å². The molecule has 40 heavy (non-hydrogen) atoms. The number of amides is 1. The third-order valence-electron chi connectivity index (χ3n) is 5.82. The van der Waals surface area contributed by atoms with E-state index in [0.29, 0.717) is 46.2 Å². The fourth-order valence-electron chi connectivity index (χ4n) is 3.82. The minimum atomic E-state index is -0.527. The molecule has 4 rings (SSSR count). The van der Waals surface area contributed by atoms with Crippen LogP contribution in [-0.2, 0) is 18.0 Å². The fraction of sp³-hybridized carbons (Fsp3) is 0.125. The topological polar surface area (TPSA) is 80.6 Å². The number of carbonyl (C=O) groups is 1. The minimum Gasteiger partial charge on any atom is -0.493 e. The van der Waals surface area contributed by atoms with Gasteiger partial charge >= 0.3 is 0 Å². The van der Waals surface area contributed by atoms with Crippen molar-refractivity contribution in [1.82, 2.24) is 0 Å². The van der Waals surface area contributed by atoms with Crippen LogP contribution in [0.25, 0.3) is 6.08 Å². The van der Waals surface area contributed by atoms with Crippen molar-refractivity contribution in [3.8, 4) is 23.3 Å². The lowest BCUT2D eigenvalue weighted by atomic mass is 10.1. The lowest BCUT2D eigenvalue weighted by Crippen LogP contribution is -2.13. The highest BCUT2D eigenvalue weighted by molar-refractivity contribution is 9.10. The molecule has 0 heterocycles. The van der Waals surface area contributed by atoms with Crippen molar-refractivity contribution >= 4 is 49.5 Å². The number of anilines is 1. The van der Waals surface area contributed by atoms with Crippen molar-refractivity contribution in [3.63, 3.8) is 0 Å². The molecule has 0 aliphatic rings. The number of nitrogens with zero attached hydrogens (tertiary/aromatic N) is 1. The second-order valence-electron chi connectivity index (χ2n) is 8.88. The van der Waals surface area contributed by atoms with Gasteiger partial charge in [0.25, 0.3) is 5.91 Å². The van der Waals surface area contributed by atoms with E-state index in [4.69, 9.17) is 14.2 Å². The van der Waals surface area contributed by atoms with Crippen LogP contribution in [0.4, 0.5) is 5.69 Å². The van der Waals surface area contributed by atoms with Gasteiger partial charge in [0.1, 0.15) is 30.6 Å². The summed E-state index contributed by atoms with van der Waals surface area (Å²) in [4.78, 5) is 12.9. The highest BCUT2D eigenvalue weighted by Crippen LogP contribution is 2.38. The van der Waals surface area contributed by atoms with Crippen molar-refractivity contribution in [2.45, 2.75) is 20.1 Å². The summed E-state index contributed by atoms with van der Waals surface area (Å²) in [5.41, 5.74) is 4.31. The average molecular weight is 662 g/mol.